The van der Waals surface area contributed by atoms with E-state index in [1.165, 1.54) is 12.8 Å². The highest BCUT2D eigenvalue weighted by atomic mass is 16.1. The van der Waals surface area contributed by atoms with E-state index in [0.717, 1.165) is 24.1 Å². The molecular formula is C15H19N3O. The topological polar surface area (TPSA) is 70.1 Å². The highest BCUT2D eigenvalue weighted by Gasteiger charge is 2.26. The number of nitrogens with zero attached hydrogens (tertiary/aromatic N) is 2. The lowest BCUT2D eigenvalue weighted by Gasteiger charge is -2.32. The smallest absolute Gasteiger partial charge is 0.236 e. The summed E-state index contributed by atoms with van der Waals surface area (Å²) >= 11 is 0. The summed E-state index contributed by atoms with van der Waals surface area (Å²) in [6.07, 6.45) is 4.47. The minimum absolute atomic E-state index is 0.185. The Morgan fingerprint density at radius 2 is 2.16 bits per heavy atom. The van der Waals surface area contributed by atoms with Gasteiger partial charge in [0.25, 0.3) is 0 Å². The van der Waals surface area contributed by atoms with Crippen LogP contribution >= 0.6 is 0 Å². The molecule has 1 saturated carbocycles. The van der Waals surface area contributed by atoms with E-state index in [1.807, 2.05) is 24.0 Å². The lowest BCUT2D eigenvalue weighted by atomic mass is 10.0. The average Bonchev–Trinajstić information content (AvgIpc) is 2.89. The number of rotatable bonds is 4. The van der Waals surface area contributed by atoms with Gasteiger partial charge in [-0.25, -0.2) is 0 Å². The third kappa shape index (κ3) is 2.87. The Kier molecular flexibility index (Phi) is 4.06. The number of primary amides is 1. The number of anilines is 1. The number of benzene rings is 1. The summed E-state index contributed by atoms with van der Waals surface area (Å²) < 4.78 is 0. The Labute approximate surface area is 113 Å². The lowest BCUT2D eigenvalue weighted by Crippen LogP contribution is -2.41. The number of nitrogens with two attached hydrogens (primary N) is 1. The Hall–Kier alpha value is -2.02. The first-order valence-corrected chi connectivity index (χ1v) is 6.68. The standard InChI is InChI=1S/C15H19N3O/c1-11-5-4-6-12(9-16)15(11)18(10-14(17)19)13-7-2-3-8-13/h4-6,13H,2-3,7-8,10H2,1H3,(H2,17,19). The number of para-hydroxylation sites is 1. The Morgan fingerprint density at radius 3 is 2.74 bits per heavy atom. The number of aryl methyl sites for hydroxylation is 1. The SMILES string of the molecule is Cc1cccc(C#N)c1N(CC(N)=O)C1CCCC1. The fourth-order valence-corrected chi connectivity index (χ4v) is 2.90. The zero-order valence-electron chi connectivity index (χ0n) is 11.2. The van der Waals surface area contributed by atoms with Crippen LogP contribution in [0.2, 0.25) is 0 Å². The molecule has 4 nitrogen and oxygen atoms in total. The quantitative estimate of drug-likeness (QED) is 0.898. The lowest BCUT2D eigenvalue weighted by molar-refractivity contribution is -0.116. The van der Waals surface area contributed by atoms with E-state index in [2.05, 4.69) is 6.07 Å². The van der Waals surface area contributed by atoms with Gasteiger partial charge < -0.3 is 10.6 Å². The summed E-state index contributed by atoms with van der Waals surface area (Å²) in [6, 6.07) is 8.18. The van der Waals surface area contributed by atoms with Gasteiger partial charge in [-0.15, -0.1) is 0 Å². The van der Waals surface area contributed by atoms with Crippen molar-refractivity contribution in [2.75, 3.05) is 11.4 Å². The maximum absolute atomic E-state index is 11.3. The van der Waals surface area contributed by atoms with E-state index >= 15 is 0 Å². The molecule has 0 bridgehead atoms. The van der Waals surface area contributed by atoms with Crippen LogP contribution in [0.5, 0.6) is 0 Å². The van der Waals surface area contributed by atoms with Crippen molar-refractivity contribution in [1.29, 1.82) is 5.26 Å². The molecule has 2 N–H and O–H groups in total. The van der Waals surface area contributed by atoms with Gasteiger partial charge in [0.15, 0.2) is 0 Å². The van der Waals surface area contributed by atoms with Crippen molar-refractivity contribution in [3.63, 3.8) is 0 Å². The van der Waals surface area contributed by atoms with Crippen molar-refractivity contribution in [2.24, 2.45) is 5.73 Å². The number of hydrogen-bond acceptors (Lipinski definition) is 3. The molecule has 0 saturated heterocycles. The predicted molar refractivity (Wildman–Crippen MR) is 74.7 cm³/mol. The number of carbonyl (C=O) groups is 1. The van der Waals surface area contributed by atoms with Gasteiger partial charge in [-0.1, -0.05) is 25.0 Å². The van der Waals surface area contributed by atoms with Crippen LogP contribution in [-0.4, -0.2) is 18.5 Å². The molecule has 0 aromatic heterocycles. The van der Waals surface area contributed by atoms with Crippen LogP contribution < -0.4 is 10.6 Å². The molecule has 0 heterocycles. The molecule has 0 aliphatic heterocycles. The molecule has 1 amide bonds. The number of hydrogen-bond donors (Lipinski definition) is 1. The van der Waals surface area contributed by atoms with Crippen LogP contribution in [0.15, 0.2) is 18.2 Å². The van der Waals surface area contributed by atoms with Gasteiger partial charge in [-0.2, -0.15) is 5.26 Å². The highest BCUT2D eigenvalue weighted by molar-refractivity contribution is 5.81. The minimum Gasteiger partial charge on any atom is -0.368 e. The van der Waals surface area contributed by atoms with Gasteiger partial charge in [0.1, 0.15) is 6.07 Å². The van der Waals surface area contributed by atoms with Crippen molar-refractivity contribution in [3.05, 3.63) is 29.3 Å². The summed E-state index contributed by atoms with van der Waals surface area (Å²) in [5.41, 5.74) is 7.89. The molecule has 2 rings (SSSR count). The molecule has 0 unspecified atom stereocenters. The van der Waals surface area contributed by atoms with Crippen LogP contribution in [-0.2, 0) is 4.79 Å². The summed E-state index contributed by atoms with van der Waals surface area (Å²) in [5.74, 6) is -0.348. The summed E-state index contributed by atoms with van der Waals surface area (Å²) in [6.45, 7) is 2.16. The van der Waals surface area contributed by atoms with E-state index in [4.69, 9.17) is 5.73 Å². The van der Waals surface area contributed by atoms with Gasteiger partial charge in [-0.3, -0.25) is 4.79 Å². The molecule has 1 aliphatic rings. The summed E-state index contributed by atoms with van der Waals surface area (Å²) in [4.78, 5) is 13.4. The van der Waals surface area contributed by atoms with Crippen LogP contribution in [0, 0.1) is 18.3 Å². The maximum atomic E-state index is 11.3. The maximum Gasteiger partial charge on any atom is 0.236 e. The largest absolute Gasteiger partial charge is 0.368 e. The van der Waals surface area contributed by atoms with E-state index in [0.29, 0.717) is 11.6 Å². The number of nitriles is 1. The van der Waals surface area contributed by atoms with E-state index in [9.17, 15) is 10.1 Å². The Morgan fingerprint density at radius 1 is 1.47 bits per heavy atom. The second-order valence-corrected chi connectivity index (χ2v) is 5.12. The fourth-order valence-electron chi connectivity index (χ4n) is 2.90. The first-order valence-electron chi connectivity index (χ1n) is 6.68. The third-order valence-electron chi connectivity index (χ3n) is 3.74. The van der Waals surface area contributed by atoms with E-state index < -0.39 is 0 Å². The molecule has 0 spiro atoms. The number of carbonyl (C=O) groups excluding carboxylic acids is 1. The average molecular weight is 257 g/mol. The molecule has 1 fully saturated rings. The predicted octanol–water partition coefficient (Wildman–Crippen LogP) is 2.10. The minimum atomic E-state index is -0.348. The zero-order valence-corrected chi connectivity index (χ0v) is 11.2. The van der Waals surface area contributed by atoms with Crippen LogP contribution in [0.25, 0.3) is 0 Å². The first-order chi connectivity index (χ1) is 9.13. The van der Waals surface area contributed by atoms with Crippen molar-refractivity contribution in [1.82, 2.24) is 0 Å². The van der Waals surface area contributed by atoms with Crippen molar-refractivity contribution in [2.45, 2.75) is 38.6 Å². The van der Waals surface area contributed by atoms with Crippen molar-refractivity contribution in [3.8, 4) is 6.07 Å². The van der Waals surface area contributed by atoms with Gasteiger partial charge >= 0.3 is 0 Å². The van der Waals surface area contributed by atoms with Crippen LogP contribution in [0.1, 0.15) is 36.8 Å². The molecule has 0 radical (unpaired) electrons. The molecule has 19 heavy (non-hydrogen) atoms. The molecule has 1 aromatic rings. The second-order valence-electron chi connectivity index (χ2n) is 5.12. The number of amides is 1. The molecule has 100 valence electrons. The second kappa shape index (κ2) is 5.75. The first kappa shape index (κ1) is 13.4. The Bertz CT molecular complexity index is 513. The zero-order chi connectivity index (χ0) is 13.8. The summed E-state index contributed by atoms with van der Waals surface area (Å²) in [5, 5.41) is 9.28. The van der Waals surface area contributed by atoms with Crippen molar-refractivity contribution >= 4 is 11.6 Å². The van der Waals surface area contributed by atoms with Gasteiger partial charge in [0.05, 0.1) is 17.8 Å². The monoisotopic (exact) mass is 257 g/mol. The molecule has 4 heteroatoms. The van der Waals surface area contributed by atoms with Gasteiger partial charge in [0, 0.05) is 6.04 Å². The summed E-state index contributed by atoms with van der Waals surface area (Å²) in [7, 11) is 0. The van der Waals surface area contributed by atoms with Gasteiger partial charge in [-0.05, 0) is 31.4 Å². The van der Waals surface area contributed by atoms with Crippen LogP contribution in [0.4, 0.5) is 5.69 Å². The molecule has 0 atom stereocenters. The molecule has 1 aromatic carbocycles. The van der Waals surface area contributed by atoms with E-state index in [1.54, 1.807) is 6.07 Å². The molecular weight excluding hydrogens is 238 g/mol. The fraction of sp³-hybridized carbons (Fsp3) is 0.467. The van der Waals surface area contributed by atoms with Crippen LogP contribution in [0.3, 0.4) is 0 Å². The van der Waals surface area contributed by atoms with Gasteiger partial charge in [0.2, 0.25) is 5.91 Å². The third-order valence-corrected chi connectivity index (χ3v) is 3.74. The highest BCUT2D eigenvalue weighted by Crippen LogP contribution is 2.32. The Balaban J connectivity index is 2.42. The van der Waals surface area contributed by atoms with E-state index in [-0.39, 0.29) is 12.5 Å². The molecule has 1 aliphatic carbocycles. The van der Waals surface area contributed by atoms with Crippen molar-refractivity contribution < 1.29 is 4.79 Å². The normalized spacial score (nSPS) is 15.2.